The van der Waals surface area contributed by atoms with Crippen LogP contribution in [0.1, 0.15) is 136 Å². The Bertz CT molecular complexity index is 1060. The van der Waals surface area contributed by atoms with E-state index in [2.05, 4.69) is 62.5 Å². The standard InChI is InChI=1S/C41H72NO8P/c1-6-8-10-12-14-16-17-18-19-20-21-22-23-24-25-26-28-30-32-34-41(44)50-39(38-49-51(45,46)48-36-35-42(3,4)5)37-47-40(43)33-31-29-27-15-13-11-9-7-2/h14,16,18-19,21-22,24-25,28,30,39H,6-13,15,17,20,23,26-27,29,31-38H2,1-5H3/b16-14+,19-18+,22-21+,25-24+,30-28+/t39-/m1/s1. The topological polar surface area (TPSA) is 111 Å². The SMILES string of the molecule is CCCCC/C=C/C/C=C/C/C=C/C/C=C/C/C=C/CCC(=O)O[C@H](COC(=O)CCCCCCCCCC)COP(=O)([O-])OCC[N+](C)(C)C. The fourth-order valence-electron chi connectivity index (χ4n) is 4.69. The number of unbranched alkanes of at least 4 members (excludes halogenated alkanes) is 10. The summed E-state index contributed by atoms with van der Waals surface area (Å²) >= 11 is 0. The highest BCUT2D eigenvalue weighted by Gasteiger charge is 2.21. The monoisotopic (exact) mass is 737 g/mol. The predicted molar refractivity (Wildman–Crippen MR) is 208 cm³/mol. The van der Waals surface area contributed by atoms with Crippen molar-refractivity contribution in [2.45, 2.75) is 142 Å². The molecular formula is C41H72NO8P. The molecule has 1 unspecified atom stereocenters. The summed E-state index contributed by atoms with van der Waals surface area (Å²) < 4.78 is 33.6. The van der Waals surface area contributed by atoms with Gasteiger partial charge in [-0.3, -0.25) is 14.2 Å². The van der Waals surface area contributed by atoms with Gasteiger partial charge in [0, 0.05) is 12.8 Å². The fourth-order valence-corrected chi connectivity index (χ4v) is 5.42. The molecule has 0 fully saturated rings. The zero-order chi connectivity index (χ0) is 37.9. The van der Waals surface area contributed by atoms with Crippen molar-refractivity contribution < 1.29 is 42.1 Å². The minimum absolute atomic E-state index is 0.0459. The number of esters is 2. The number of hydrogen-bond acceptors (Lipinski definition) is 8. The summed E-state index contributed by atoms with van der Waals surface area (Å²) in [5.41, 5.74) is 0. The van der Waals surface area contributed by atoms with Crippen LogP contribution >= 0.6 is 7.82 Å². The summed E-state index contributed by atoms with van der Waals surface area (Å²) in [7, 11) is 1.11. The van der Waals surface area contributed by atoms with E-state index in [9.17, 15) is 19.0 Å². The lowest BCUT2D eigenvalue weighted by molar-refractivity contribution is -0.870. The molecule has 0 aliphatic carbocycles. The van der Waals surface area contributed by atoms with E-state index in [1.54, 1.807) is 0 Å². The average molecular weight is 738 g/mol. The first-order chi connectivity index (χ1) is 24.5. The van der Waals surface area contributed by atoms with Gasteiger partial charge in [-0.15, -0.1) is 0 Å². The van der Waals surface area contributed by atoms with Gasteiger partial charge in [-0.05, 0) is 51.4 Å². The number of hydrogen-bond donors (Lipinski definition) is 0. The predicted octanol–water partition coefficient (Wildman–Crippen LogP) is 9.88. The first kappa shape index (κ1) is 48.7. The smallest absolute Gasteiger partial charge is 0.306 e. The average Bonchev–Trinajstić information content (AvgIpc) is 3.07. The molecule has 0 N–H and O–H groups in total. The highest BCUT2D eigenvalue weighted by Crippen LogP contribution is 2.38. The lowest BCUT2D eigenvalue weighted by Crippen LogP contribution is -2.37. The van der Waals surface area contributed by atoms with Gasteiger partial charge in [0.15, 0.2) is 6.10 Å². The lowest BCUT2D eigenvalue weighted by Gasteiger charge is -2.28. The Hall–Kier alpha value is -2.29. The molecule has 0 bridgehead atoms. The Morgan fingerprint density at radius 1 is 0.608 bits per heavy atom. The largest absolute Gasteiger partial charge is 0.756 e. The van der Waals surface area contributed by atoms with E-state index in [4.69, 9.17) is 18.5 Å². The van der Waals surface area contributed by atoms with Gasteiger partial charge in [0.25, 0.3) is 7.82 Å². The molecule has 294 valence electrons. The van der Waals surface area contributed by atoms with Crippen LogP contribution in [-0.2, 0) is 32.7 Å². The van der Waals surface area contributed by atoms with Gasteiger partial charge in [-0.25, -0.2) is 0 Å². The molecule has 0 aromatic carbocycles. The van der Waals surface area contributed by atoms with E-state index in [0.29, 0.717) is 17.4 Å². The summed E-state index contributed by atoms with van der Waals surface area (Å²) in [6.45, 7) is 4.04. The number of carbonyl (C=O) groups excluding carboxylic acids is 2. The van der Waals surface area contributed by atoms with Crippen molar-refractivity contribution in [2.24, 2.45) is 0 Å². The molecule has 0 aliphatic rings. The van der Waals surface area contributed by atoms with Crippen LogP contribution < -0.4 is 4.89 Å². The van der Waals surface area contributed by atoms with Gasteiger partial charge in [-0.2, -0.15) is 0 Å². The van der Waals surface area contributed by atoms with E-state index in [1.165, 1.54) is 51.4 Å². The van der Waals surface area contributed by atoms with Crippen molar-refractivity contribution in [3.63, 3.8) is 0 Å². The molecule has 9 nitrogen and oxygen atoms in total. The normalized spacial score (nSPS) is 14.4. The van der Waals surface area contributed by atoms with Crippen molar-refractivity contribution >= 4 is 19.8 Å². The molecule has 10 heteroatoms. The maximum atomic E-state index is 12.6. The zero-order valence-corrected chi connectivity index (χ0v) is 33.7. The number of phosphoric ester groups is 1. The van der Waals surface area contributed by atoms with Crippen LogP contribution in [0.5, 0.6) is 0 Å². The number of likely N-dealkylation sites (N-methyl/N-ethyl adjacent to an activating group) is 1. The number of ether oxygens (including phenoxy) is 2. The van der Waals surface area contributed by atoms with E-state index >= 15 is 0 Å². The summed E-state index contributed by atoms with van der Waals surface area (Å²) in [5.74, 6) is -0.942. The molecule has 0 amide bonds. The summed E-state index contributed by atoms with van der Waals surface area (Å²) in [5, 5.41) is 0. The molecule has 51 heavy (non-hydrogen) atoms. The Morgan fingerprint density at radius 3 is 1.65 bits per heavy atom. The van der Waals surface area contributed by atoms with Crippen molar-refractivity contribution in [2.75, 3.05) is 47.5 Å². The maximum absolute atomic E-state index is 12.6. The van der Waals surface area contributed by atoms with Gasteiger partial charge >= 0.3 is 11.9 Å². The summed E-state index contributed by atoms with van der Waals surface area (Å²) in [6, 6.07) is 0. The second-order valence-electron chi connectivity index (χ2n) is 13.9. The molecule has 0 saturated carbocycles. The molecular weight excluding hydrogens is 665 g/mol. The van der Waals surface area contributed by atoms with Crippen LogP contribution in [0.2, 0.25) is 0 Å². The Kier molecular flexibility index (Phi) is 32.0. The first-order valence-electron chi connectivity index (χ1n) is 19.5. The number of nitrogens with zero attached hydrogens (tertiary/aromatic N) is 1. The van der Waals surface area contributed by atoms with Gasteiger partial charge in [-0.1, -0.05) is 132 Å². The lowest BCUT2D eigenvalue weighted by atomic mass is 10.1. The number of carbonyl (C=O) groups is 2. The molecule has 0 heterocycles. The third-order valence-corrected chi connectivity index (χ3v) is 8.77. The number of allylic oxidation sites excluding steroid dienone is 10. The molecule has 0 aromatic heterocycles. The highest BCUT2D eigenvalue weighted by molar-refractivity contribution is 7.45. The molecule has 0 spiro atoms. The van der Waals surface area contributed by atoms with Gasteiger partial charge in [0.2, 0.25) is 0 Å². The molecule has 0 aromatic rings. The third kappa shape index (κ3) is 37.3. The molecule has 2 atom stereocenters. The van der Waals surface area contributed by atoms with E-state index < -0.39 is 32.5 Å². The van der Waals surface area contributed by atoms with Crippen LogP contribution in [0.15, 0.2) is 60.8 Å². The Labute approximate surface area is 311 Å². The van der Waals surface area contributed by atoms with Gasteiger partial charge in [0.1, 0.15) is 19.8 Å². The van der Waals surface area contributed by atoms with Crippen LogP contribution in [-0.4, -0.2) is 70.0 Å². The van der Waals surface area contributed by atoms with Crippen molar-refractivity contribution in [3.8, 4) is 0 Å². The van der Waals surface area contributed by atoms with Crippen LogP contribution in [0.3, 0.4) is 0 Å². The quantitative estimate of drug-likeness (QED) is 0.0211. The fraction of sp³-hybridized carbons (Fsp3) is 0.707. The van der Waals surface area contributed by atoms with Gasteiger partial charge < -0.3 is 27.9 Å². The minimum atomic E-state index is -4.64. The molecule has 0 saturated heterocycles. The number of phosphoric acid groups is 1. The third-order valence-electron chi connectivity index (χ3n) is 7.80. The first-order valence-corrected chi connectivity index (χ1v) is 21.0. The van der Waals surface area contributed by atoms with Crippen LogP contribution in [0, 0.1) is 0 Å². The maximum Gasteiger partial charge on any atom is 0.306 e. The summed E-state index contributed by atoms with van der Waals surface area (Å²) in [6.07, 6.45) is 38.5. The van der Waals surface area contributed by atoms with E-state index in [-0.39, 0.29) is 26.1 Å². The van der Waals surface area contributed by atoms with Crippen LogP contribution in [0.4, 0.5) is 0 Å². The minimum Gasteiger partial charge on any atom is -0.756 e. The number of rotatable bonds is 34. The molecule has 0 aliphatic heterocycles. The van der Waals surface area contributed by atoms with E-state index in [0.717, 1.165) is 51.4 Å². The van der Waals surface area contributed by atoms with Crippen molar-refractivity contribution in [3.05, 3.63) is 60.8 Å². The highest BCUT2D eigenvalue weighted by atomic mass is 31.2. The Balaban J connectivity index is 4.54. The second-order valence-corrected chi connectivity index (χ2v) is 15.4. The second kappa shape index (κ2) is 33.5. The zero-order valence-electron chi connectivity index (χ0n) is 32.8. The van der Waals surface area contributed by atoms with Crippen molar-refractivity contribution in [1.82, 2.24) is 0 Å². The number of quaternary nitrogens is 1. The van der Waals surface area contributed by atoms with Gasteiger partial charge in [0.05, 0.1) is 27.7 Å². The Morgan fingerprint density at radius 2 is 1.10 bits per heavy atom. The summed E-state index contributed by atoms with van der Waals surface area (Å²) in [4.78, 5) is 37.2. The van der Waals surface area contributed by atoms with Crippen molar-refractivity contribution in [1.29, 1.82) is 0 Å². The van der Waals surface area contributed by atoms with E-state index in [1.807, 2.05) is 33.3 Å². The molecule has 0 radical (unpaired) electrons. The molecule has 0 rings (SSSR count). The van der Waals surface area contributed by atoms with Crippen LogP contribution in [0.25, 0.3) is 0 Å².